The van der Waals surface area contributed by atoms with Gasteiger partial charge in [-0.05, 0) is 37.4 Å². The van der Waals surface area contributed by atoms with Crippen LogP contribution in [-0.4, -0.2) is 46.3 Å². The highest BCUT2D eigenvalue weighted by Crippen LogP contribution is 2.26. The van der Waals surface area contributed by atoms with Gasteiger partial charge in [-0.2, -0.15) is 5.10 Å². The highest BCUT2D eigenvalue weighted by atomic mass is 16.2. The van der Waals surface area contributed by atoms with Crippen molar-refractivity contribution in [1.29, 1.82) is 0 Å². The van der Waals surface area contributed by atoms with E-state index in [-0.39, 0.29) is 5.91 Å². The number of hydrogen-bond donors (Lipinski definition) is 1. The number of carbonyl (C=O) groups is 1. The van der Waals surface area contributed by atoms with Crippen LogP contribution in [-0.2, 0) is 0 Å². The zero-order chi connectivity index (χ0) is 14.9. The van der Waals surface area contributed by atoms with Crippen molar-refractivity contribution >= 4 is 5.91 Å². The van der Waals surface area contributed by atoms with Crippen LogP contribution in [0.15, 0.2) is 42.7 Å². The zero-order valence-corrected chi connectivity index (χ0v) is 12.5. The molecule has 2 aliphatic rings. The molecule has 0 bridgehead atoms. The van der Waals surface area contributed by atoms with E-state index in [9.17, 15) is 4.79 Å². The molecule has 5 nitrogen and oxygen atoms in total. The lowest BCUT2D eigenvalue weighted by atomic mass is 9.94. The maximum atomic E-state index is 12.7. The van der Waals surface area contributed by atoms with Gasteiger partial charge in [0.15, 0.2) is 0 Å². The summed E-state index contributed by atoms with van der Waals surface area (Å²) in [4.78, 5) is 14.7. The number of hydrogen-bond acceptors (Lipinski definition) is 3. The fourth-order valence-electron chi connectivity index (χ4n) is 3.55. The van der Waals surface area contributed by atoms with Gasteiger partial charge in [0.05, 0.1) is 17.4 Å². The van der Waals surface area contributed by atoms with Crippen LogP contribution < -0.4 is 5.32 Å². The van der Waals surface area contributed by atoms with E-state index in [1.807, 2.05) is 41.4 Å². The van der Waals surface area contributed by atoms with Crippen molar-refractivity contribution < 1.29 is 4.79 Å². The molecule has 1 amide bonds. The highest BCUT2D eigenvalue weighted by Gasteiger charge is 2.36. The number of carbonyl (C=O) groups excluding carboxylic acids is 1. The summed E-state index contributed by atoms with van der Waals surface area (Å²) < 4.78 is 1.76. The van der Waals surface area contributed by atoms with Crippen molar-refractivity contribution in [1.82, 2.24) is 20.0 Å². The van der Waals surface area contributed by atoms with Gasteiger partial charge in [-0.3, -0.25) is 4.79 Å². The molecule has 2 aliphatic heterocycles. The molecule has 0 saturated carbocycles. The fraction of sp³-hybridized carbons (Fsp3) is 0.412. The Labute approximate surface area is 129 Å². The molecule has 1 N–H and O–H groups in total. The summed E-state index contributed by atoms with van der Waals surface area (Å²) in [6.45, 7) is 2.77. The summed E-state index contributed by atoms with van der Waals surface area (Å²) in [5.41, 5.74) is 1.64. The quantitative estimate of drug-likeness (QED) is 0.917. The minimum Gasteiger partial charge on any atom is -0.337 e. The first-order chi connectivity index (χ1) is 10.8. The van der Waals surface area contributed by atoms with Crippen molar-refractivity contribution in [3.63, 3.8) is 0 Å². The Morgan fingerprint density at radius 3 is 2.91 bits per heavy atom. The van der Waals surface area contributed by atoms with Crippen LogP contribution >= 0.6 is 0 Å². The number of benzene rings is 1. The van der Waals surface area contributed by atoms with Gasteiger partial charge in [0, 0.05) is 25.3 Å². The molecule has 2 aromatic rings. The van der Waals surface area contributed by atoms with Crippen LogP contribution in [0.25, 0.3) is 5.69 Å². The third kappa shape index (κ3) is 2.41. The van der Waals surface area contributed by atoms with Gasteiger partial charge in [-0.25, -0.2) is 4.68 Å². The lowest BCUT2D eigenvalue weighted by molar-refractivity contribution is 0.0785. The first-order valence-electron chi connectivity index (χ1n) is 7.94. The average molecular weight is 296 g/mol. The second-order valence-corrected chi connectivity index (χ2v) is 6.18. The molecule has 0 radical (unpaired) electrons. The van der Waals surface area contributed by atoms with E-state index in [0.29, 0.717) is 17.5 Å². The van der Waals surface area contributed by atoms with Crippen LogP contribution in [0.5, 0.6) is 0 Å². The summed E-state index contributed by atoms with van der Waals surface area (Å²) in [7, 11) is 0. The van der Waals surface area contributed by atoms with Crippen LogP contribution in [0.4, 0.5) is 0 Å². The summed E-state index contributed by atoms with van der Waals surface area (Å²) in [5, 5.41) is 7.86. The molecule has 0 aliphatic carbocycles. The number of piperidine rings is 1. The van der Waals surface area contributed by atoms with Gasteiger partial charge in [0.25, 0.3) is 5.91 Å². The van der Waals surface area contributed by atoms with E-state index in [4.69, 9.17) is 0 Å². The third-order valence-corrected chi connectivity index (χ3v) is 4.74. The summed E-state index contributed by atoms with van der Waals surface area (Å²) >= 11 is 0. The fourth-order valence-corrected chi connectivity index (χ4v) is 3.55. The van der Waals surface area contributed by atoms with Gasteiger partial charge in [0.1, 0.15) is 0 Å². The molecule has 5 heteroatoms. The molecule has 3 heterocycles. The van der Waals surface area contributed by atoms with Gasteiger partial charge in [-0.15, -0.1) is 0 Å². The minimum atomic E-state index is 0.0957. The Morgan fingerprint density at radius 1 is 1.23 bits per heavy atom. The van der Waals surface area contributed by atoms with Crippen molar-refractivity contribution in [2.45, 2.75) is 18.9 Å². The lowest BCUT2D eigenvalue weighted by Gasteiger charge is -2.24. The number of nitrogens with zero attached hydrogens (tertiary/aromatic N) is 3. The average Bonchev–Trinajstić information content (AvgIpc) is 3.22. The Balaban J connectivity index is 1.51. The van der Waals surface area contributed by atoms with Crippen molar-refractivity contribution in [3.05, 3.63) is 48.3 Å². The van der Waals surface area contributed by atoms with Crippen molar-refractivity contribution in [2.75, 3.05) is 19.6 Å². The van der Waals surface area contributed by atoms with E-state index in [1.54, 1.807) is 10.9 Å². The molecule has 4 rings (SSSR count). The first-order valence-corrected chi connectivity index (χ1v) is 7.94. The molecule has 1 aromatic carbocycles. The highest BCUT2D eigenvalue weighted by molar-refractivity contribution is 5.94. The van der Waals surface area contributed by atoms with Gasteiger partial charge in [-0.1, -0.05) is 18.2 Å². The Bertz CT molecular complexity index is 652. The largest absolute Gasteiger partial charge is 0.337 e. The molecular formula is C17H20N4O. The SMILES string of the molecule is O=C(c1cnn(-c2ccccc2)c1)N1C[C@H]2CCCN[C@H]2C1. The Morgan fingerprint density at radius 2 is 2.09 bits per heavy atom. The molecule has 114 valence electrons. The first kappa shape index (κ1) is 13.5. The van der Waals surface area contributed by atoms with Crippen molar-refractivity contribution in [2.24, 2.45) is 5.92 Å². The topological polar surface area (TPSA) is 50.2 Å². The lowest BCUT2D eigenvalue weighted by Crippen LogP contribution is -2.41. The molecule has 2 fully saturated rings. The predicted octanol–water partition coefficient (Wildman–Crippen LogP) is 1.70. The standard InChI is InChI=1S/C17H20N4O/c22-17(20-10-13-5-4-8-18-16(13)12-20)14-9-19-21(11-14)15-6-2-1-3-7-15/h1-3,6-7,9,11,13,16,18H,4-5,8,10,12H2/t13-,16+/m1/s1. The Kier molecular flexibility index (Phi) is 3.42. The van der Waals surface area contributed by atoms with Crippen molar-refractivity contribution in [3.8, 4) is 5.69 Å². The number of nitrogens with one attached hydrogen (secondary N) is 1. The van der Waals surface area contributed by atoms with E-state index < -0.39 is 0 Å². The predicted molar refractivity (Wildman–Crippen MR) is 84.0 cm³/mol. The molecule has 0 unspecified atom stereocenters. The van der Waals surface area contributed by atoms with E-state index in [2.05, 4.69) is 10.4 Å². The molecule has 2 saturated heterocycles. The molecule has 1 aromatic heterocycles. The molecule has 2 atom stereocenters. The monoisotopic (exact) mass is 296 g/mol. The van der Waals surface area contributed by atoms with E-state index in [0.717, 1.165) is 25.3 Å². The minimum absolute atomic E-state index is 0.0957. The molecular weight excluding hydrogens is 276 g/mol. The molecule has 0 spiro atoms. The number of para-hydroxylation sites is 1. The maximum Gasteiger partial charge on any atom is 0.257 e. The van der Waals surface area contributed by atoms with Gasteiger partial charge >= 0.3 is 0 Å². The van der Waals surface area contributed by atoms with E-state index in [1.165, 1.54) is 12.8 Å². The third-order valence-electron chi connectivity index (χ3n) is 4.74. The van der Waals surface area contributed by atoms with Gasteiger partial charge < -0.3 is 10.2 Å². The van der Waals surface area contributed by atoms with Crippen LogP contribution in [0, 0.1) is 5.92 Å². The number of fused-ring (bicyclic) bond motifs is 1. The van der Waals surface area contributed by atoms with Crippen LogP contribution in [0.2, 0.25) is 0 Å². The number of amides is 1. The number of rotatable bonds is 2. The molecule has 22 heavy (non-hydrogen) atoms. The van der Waals surface area contributed by atoms with Gasteiger partial charge in [0.2, 0.25) is 0 Å². The normalized spacial score (nSPS) is 24.3. The second kappa shape index (κ2) is 5.57. The smallest absolute Gasteiger partial charge is 0.257 e. The Hall–Kier alpha value is -2.14. The number of aromatic nitrogens is 2. The summed E-state index contributed by atoms with van der Waals surface area (Å²) in [6, 6.07) is 10.3. The summed E-state index contributed by atoms with van der Waals surface area (Å²) in [6.07, 6.45) is 5.94. The zero-order valence-electron chi connectivity index (χ0n) is 12.5. The second-order valence-electron chi connectivity index (χ2n) is 6.18. The van der Waals surface area contributed by atoms with Crippen LogP contribution in [0.3, 0.4) is 0 Å². The van der Waals surface area contributed by atoms with E-state index >= 15 is 0 Å². The van der Waals surface area contributed by atoms with Crippen LogP contribution in [0.1, 0.15) is 23.2 Å². The maximum absolute atomic E-state index is 12.7. The number of likely N-dealkylation sites (tertiary alicyclic amines) is 1. The summed E-state index contributed by atoms with van der Waals surface area (Å²) in [5.74, 6) is 0.709.